The molecule has 1 amide bonds. The maximum atomic E-state index is 11.6. The molecule has 3 N–H and O–H groups in total. The monoisotopic (exact) mass is 227 g/mol. The molecule has 1 heterocycles. The zero-order valence-electron chi connectivity index (χ0n) is 9.06. The van der Waals surface area contributed by atoms with E-state index in [-0.39, 0.29) is 11.9 Å². The Morgan fingerprint density at radius 2 is 2.47 bits per heavy atom. The number of thiazole rings is 1. The Labute approximate surface area is 93.9 Å². The van der Waals surface area contributed by atoms with E-state index in [1.165, 1.54) is 11.3 Å². The maximum Gasteiger partial charge on any atom is 0.237 e. The Morgan fingerprint density at radius 1 is 1.73 bits per heavy atom. The van der Waals surface area contributed by atoms with E-state index in [1.54, 1.807) is 6.20 Å². The topological polar surface area (TPSA) is 68.0 Å². The standard InChI is InChI=1S/C10H17N3OS/c1-3-4-8(11)9(14)13-7(2)10-12-5-6-15-10/h5-8H,3-4,11H2,1-2H3,(H,13,14). The lowest BCUT2D eigenvalue weighted by molar-refractivity contribution is -0.123. The Morgan fingerprint density at radius 3 is 3.00 bits per heavy atom. The molecule has 5 heteroatoms. The molecule has 15 heavy (non-hydrogen) atoms. The van der Waals surface area contributed by atoms with Crippen LogP contribution in [0.25, 0.3) is 0 Å². The minimum absolute atomic E-state index is 0.0552. The van der Waals surface area contributed by atoms with E-state index in [4.69, 9.17) is 5.73 Å². The van der Waals surface area contributed by atoms with Crippen molar-refractivity contribution in [1.82, 2.24) is 10.3 Å². The molecule has 4 nitrogen and oxygen atoms in total. The molecular weight excluding hydrogens is 210 g/mol. The first-order valence-corrected chi connectivity index (χ1v) is 5.98. The van der Waals surface area contributed by atoms with Gasteiger partial charge >= 0.3 is 0 Å². The van der Waals surface area contributed by atoms with Gasteiger partial charge in [0.25, 0.3) is 0 Å². The van der Waals surface area contributed by atoms with Crippen LogP contribution in [0.3, 0.4) is 0 Å². The van der Waals surface area contributed by atoms with E-state index in [9.17, 15) is 4.79 Å². The van der Waals surface area contributed by atoms with Crippen molar-refractivity contribution in [2.24, 2.45) is 5.73 Å². The molecule has 0 bridgehead atoms. The summed E-state index contributed by atoms with van der Waals surface area (Å²) < 4.78 is 0. The van der Waals surface area contributed by atoms with Crippen molar-refractivity contribution in [3.05, 3.63) is 16.6 Å². The number of nitrogens with one attached hydrogen (secondary N) is 1. The van der Waals surface area contributed by atoms with Crippen molar-refractivity contribution in [3.8, 4) is 0 Å². The number of aromatic nitrogens is 1. The summed E-state index contributed by atoms with van der Waals surface area (Å²) in [5.41, 5.74) is 5.70. The summed E-state index contributed by atoms with van der Waals surface area (Å²) in [7, 11) is 0. The largest absolute Gasteiger partial charge is 0.346 e. The highest BCUT2D eigenvalue weighted by Gasteiger charge is 2.16. The smallest absolute Gasteiger partial charge is 0.237 e. The molecule has 0 aliphatic heterocycles. The van der Waals surface area contributed by atoms with Crippen LogP contribution in [0.2, 0.25) is 0 Å². The predicted octanol–water partition coefficient (Wildman–Crippen LogP) is 1.45. The second-order valence-corrected chi connectivity index (χ2v) is 4.42. The minimum Gasteiger partial charge on any atom is -0.346 e. The van der Waals surface area contributed by atoms with E-state index in [1.807, 2.05) is 19.2 Å². The molecule has 0 aromatic carbocycles. The summed E-state index contributed by atoms with van der Waals surface area (Å²) in [6.45, 7) is 3.92. The summed E-state index contributed by atoms with van der Waals surface area (Å²) in [5, 5.41) is 5.65. The van der Waals surface area contributed by atoms with Gasteiger partial charge in [-0.05, 0) is 13.3 Å². The van der Waals surface area contributed by atoms with E-state index < -0.39 is 6.04 Å². The molecule has 0 spiro atoms. The van der Waals surface area contributed by atoms with Crippen molar-refractivity contribution in [2.45, 2.75) is 38.8 Å². The Kier molecular flexibility index (Phi) is 4.71. The second-order valence-electron chi connectivity index (χ2n) is 3.50. The molecule has 0 radical (unpaired) electrons. The van der Waals surface area contributed by atoms with E-state index in [0.717, 1.165) is 17.8 Å². The quantitative estimate of drug-likeness (QED) is 0.800. The zero-order valence-corrected chi connectivity index (χ0v) is 9.88. The summed E-state index contributed by atoms with van der Waals surface area (Å²) in [6, 6.07) is -0.460. The lowest BCUT2D eigenvalue weighted by Gasteiger charge is -2.15. The van der Waals surface area contributed by atoms with Crippen LogP contribution >= 0.6 is 11.3 Å². The number of carbonyl (C=O) groups is 1. The fraction of sp³-hybridized carbons (Fsp3) is 0.600. The fourth-order valence-corrected chi connectivity index (χ4v) is 1.92. The molecule has 2 unspecified atom stereocenters. The van der Waals surface area contributed by atoms with Gasteiger partial charge in [-0.2, -0.15) is 0 Å². The van der Waals surface area contributed by atoms with Gasteiger partial charge in [0.1, 0.15) is 5.01 Å². The van der Waals surface area contributed by atoms with Crippen LogP contribution in [0.5, 0.6) is 0 Å². The molecule has 1 aromatic heterocycles. The fourth-order valence-electron chi connectivity index (χ4n) is 1.27. The summed E-state index contributed by atoms with van der Waals surface area (Å²) in [4.78, 5) is 15.7. The van der Waals surface area contributed by atoms with Crippen LogP contribution in [-0.4, -0.2) is 16.9 Å². The van der Waals surface area contributed by atoms with Gasteiger partial charge in [-0.1, -0.05) is 13.3 Å². The predicted molar refractivity (Wildman–Crippen MR) is 61.6 cm³/mol. The average molecular weight is 227 g/mol. The molecule has 84 valence electrons. The van der Waals surface area contributed by atoms with Gasteiger partial charge < -0.3 is 11.1 Å². The first kappa shape index (κ1) is 12.1. The number of nitrogens with zero attached hydrogens (tertiary/aromatic N) is 1. The van der Waals surface area contributed by atoms with Crippen LogP contribution in [0.15, 0.2) is 11.6 Å². The van der Waals surface area contributed by atoms with E-state index in [2.05, 4.69) is 10.3 Å². The second kappa shape index (κ2) is 5.82. The van der Waals surface area contributed by atoms with Gasteiger partial charge in [-0.15, -0.1) is 11.3 Å². The normalized spacial score (nSPS) is 14.6. The minimum atomic E-state index is -0.405. The Hall–Kier alpha value is -0.940. The van der Waals surface area contributed by atoms with E-state index >= 15 is 0 Å². The first-order valence-electron chi connectivity index (χ1n) is 5.10. The third-order valence-electron chi connectivity index (χ3n) is 2.12. The van der Waals surface area contributed by atoms with E-state index in [0.29, 0.717) is 0 Å². The highest BCUT2D eigenvalue weighted by molar-refractivity contribution is 7.09. The molecule has 2 atom stereocenters. The number of hydrogen-bond acceptors (Lipinski definition) is 4. The molecule has 0 fully saturated rings. The molecule has 1 rings (SSSR count). The Bertz CT molecular complexity index is 300. The Balaban J connectivity index is 2.44. The molecule has 0 aliphatic rings. The van der Waals surface area contributed by atoms with Crippen LogP contribution < -0.4 is 11.1 Å². The number of carbonyl (C=O) groups excluding carboxylic acids is 1. The SMILES string of the molecule is CCCC(N)C(=O)NC(C)c1nccs1. The van der Waals surface area contributed by atoms with Crippen molar-refractivity contribution in [2.75, 3.05) is 0 Å². The van der Waals surface area contributed by atoms with Gasteiger partial charge in [0, 0.05) is 11.6 Å². The maximum absolute atomic E-state index is 11.6. The van der Waals surface area contributed by atoms with Crippen molar-refractivity contribution < 1.29 is 4.79 Å². The third kappa shape index (κ3) is 3.60. The molecule has 1 aromatic rings. The van der Waals surface area contributed by atoms with Gasteiger partial charge in [-0.3, -0.25) is 4.79 Å². The van der Waals surface area contributed by atoms with Crippen molar-refractivity contribution >= 4 is 17.2 Å². The van der Waals surface area contributed by atoms with Gasteiger partial charge in [0.15, 0.2) is 0 Å². The highest BCUT2D eigenvalue weighted by atomic mass is 32.1. The van der Waals surface area contributed by atoms with Crippen LogP contribution in [0.4, 0.5) is 0 Å². The number of hydrogen-bond donors (Lipinski definition) is 2. The molecular formula is C10H17N3OS. The number of rotatable bonds is 5. The van der Waals surface area contributed by atoms with Crippen LogP contribution in [-0.2, 0) is 4.79 Å². The molecule has 0 aliphatic carbocycles. The summed E-state index contributed by atoms with van der Waals surface area (Å²) >= 11 is 1.53. The summed E-state index contributed by atoms with van der Waals surface area (Å²) in [6.07, 6.45) is 3.37. The summed E-state index contributed by atoms with van der Waals surface area (Å²) in [5.74, 6) is -0.0976. The lowest BCUT2D eigenvalue weighted by atomic mass is 10.1. The number of amides is 1. The zero-order chi connectivity index (χ0) is 11.3. The lowest BCUT2D eigenvalue weighted by Crippen LogP contribution is -2.41. The average Bonchev–Trinajstić information content (AvgIpc) is 2.70. The van der Waals surface area contributed by atoms with Gasteiger partial charge in [0.2, 0.25) is 5.91 Å². The molecule has 0 saturated carbocycles. The van der Waals surface area contributed by atoms with Crippen LogP contribution in [0.1, 0.15) is 37.7 Å². The highest BCUT2D eigenvalue weighted by Crippen LogP contribution is 2.14. The van der Waals surface area contributed by atoms with Crippen LogP contribution in [0, 0.1) is 0 Å². The van der Waals surface area contributed by atoms with Crippen molar-refractivity contribution in [3.63, 3.8) is 0 Å². The van der Waals surface area contributed by atoms with Crippen molar-refractivity contribution in [1.29, 1.82) is 0 Å². The third-order valence-corrected chi connectivity index (χ3v) is 3.08. The first-order chi connectivity index (χ1) is 7.15. The van der Waals surface area contributed by atoms with Gasteiger partial charge in [-0.25, -0.2) is 4.98 Å². The molecule has 0 saturated heterocycles. The van der Waals surface area contributed by atoms with Gasteiger partial charge in [0.05, 0.1) is 12.1 Å². The number of nitrogens with two attached hydrogens (primary N) is 1.